The Hall–Kier alpha value is -2.33. The number of amides is 1. The summed E-state index contributed by atoms with van der Waals surface area (Å²) in [7, 11) is 1.95. The number of para-hydroxylation sites is 1. The van der Waals surface area contributed by atoms with Gasteiger partial charge >= 0.3 is 0 Å². The average Bonchev–Trinajstić information content (AvgIpc) is 2.63. The standard InChI is InChI=1S/C19H22N2O2/c1-20-16-6-5-13-21(14-16)19(22)15-9-11-18(12-10-15)23-17-7-3-2-4-8-17/h2-4,7-12,16,20H,5-6,13-14H2,1H3. The monoisotopic (exact) mass is 310 g/mol. The number of likely N-dealkylation sites (N-methyl/N-ethyl adjacent to an activating group) is 1. The van der Waals surface area contributed by atoms with Gasteiger partial charge < -0.3 is 15.0 Å². The van der Waals surface area contributed by atoms with E-state index in [1.165, 1.54) is 0 Å². The zero-order valence-corrected chi connectivity index (χ0v) is 13.4. The maximum atomic E-state index is 12.6. The molecule has 0 radical (unpaired) electrons. The van der Waals surface area contributed by atoms with Crippen molar-refractivity contribution in [3.63, 3.8) is 0 Å². The highest BCUT2D eigenvalue weighted by molar-refractivity contribution is 5.94. The molecular formula is C19H22N2O2. The van der Waals surface area contributed by atoms with Crippen molar-refractivity contribution in [2.75, 3.05) is 20.1 Å². The Bertz CT molecular complexity index is 640. The van der Waals surface area contributed by atoms with Crippen molar-refractivity contribution in [2.45, 2.75) is 18.9 Å². The van der Waals surface area contributed by atoms with Crippen LogP contribution in [-0.2, 0) is 0 Å². The van der Waals surface area contributed by atoms with Crippen LogP contribution in [0.2, 0.25) is 0 Å². The fourth-order valence-corrected chi connectivity index (χ4v) is 2.87. The van der Waals surface area contributed by atoms with E-state index < -0.39 is 0 Å². The average molecular weight is 310 g/mol. The second-order valence-corrected chi connectivity index (χ2v) is 5.82. The predicted octanol–water partition coefficient (Wildman–Crippen LogP) is 3.30. The largest absolute Gasteiger partial charge is 0.457 e. The van der Waals surface area contributed by atoms with E-state index in [0.717, 1.165) is 37.4 Å². The minimum absolute atomic E-state index is 0.0937. The van der Waals surface area contributed by atoms with Crippen LogP contribution in [0.15, 0.2) is 54.6 Å². The fourth-order valence-electron chi connectivity index (χ4n) is 2.87. The molecule has 1 aliphatic rings. The first-order valence-electron chi connectivity index (χ1n) is 8.06. The Labute approximate surface area is 137 Å². The van der Waals surface area contributed by atoms with E-state index in [9.17, 15) is 4.79 Å². The Kier molecular flexibility index (Phi) is 4.93. The van der Waals surface area contributed by atoms with Gasteiger partial charge in [-0.2, -0.15) is 0 Å². The number of benzene rings is 2. The third kappa shape index (κ3) is 3.90. The van der Waals surface area contributed by atoms with Crippen LogP contribution < -0.4 is 10.1 Å². The Morgan fingerprint density at radius 3 is 2.48 bits per heavy atom. The summed E-state index contributed by atoms with van der Waals surface area (Å²) in [5, 5.41) is 3.26. The van der Waals surface area contributed by atoms with Crippen molar-refractivity contribution in [3.05, 3.63) is 60.2 Å². The Balaban J connectivity index is 1.65. The molecule has 0 bridgehead atoms. The number of piperidine rings is 1. The quantitative estimate of drug-likeness (QED) is 0.942. The summed E-state index contributed by atoms with van der Waals surface area (Å²) in [6.07, 6.45) is 2.18. The number of carbonyl (C=O) groups is 1. The fraction of sp³-hybridized carbons (Fsp3) is 0.316. The van der Waals surface area contributed by atoms with E-state index in [4.69, 9.17) is 4.74 Å². The maximum Gasteiger partial charge on any atom is 0.253 e. The Morgan fingerprint density at radius 2 is 1.78 bits per heavy atom. The molecule has 4 nitrogen and oxygen atoms in total. The number of likely N-dealkylation sites (tertiary alicyclic amines) is 1. The normalized spacial score (nSPS) is 17.8. The zero-order chi connectivity index (χ0) is 16.1. The first-order chi connectivity index (χ1) is 11.3. The topological polar surface area (TPSA) is 41.6 Å². The molecule has 0 saturated carbocycles. The predicted molar refractivity (Wildman–Crippen MR) is 90.9 cm³/mol. The molecule has 23 heavy (non-hydrogen) atoms. The molecule has 0 aromatic heterocycles. The first kappa shape index (κ1) is 15.6. The molecule has 120 valence electrons. The number of ether oxygens (including phenoxy) is 1. The molecule has 1 atom stereocenters. The zero-order valence-electron chi connectivity index (χ0n) is 13.4. The molecular weight excluding hydrogens is 288 g/mol. The summed E-state index contributed by atoms with van der Waals surface area (Å²) < 4.78 is 5.76. The molecule has 1 N–H and O–H groups in total. The van der Waals surface area contributed by atoms with Crippen LogP contribution in [0.5, 0.6) is 11.5 Å². The summed E-state index contributed by atoms with van der Waals surface area (Å²) in [5.74, 6) is 1.62. The van der Waals surface area contributed by atoms with Gasteiger partial charge in [0.2, 0.25) is 0 Å². The molecule has 2 aromatic carbocycles. The molecule has 3 rings (SSSR count). The molecule has 1 aliphatic heterocycles. The summed E-state index contributed by atoms with van der Waals surface area (Å²) >= 11 is 0. The SMILES string of the molecule is CNC1CCCN(C(=O)c2ccc(Oc3ccccc3)cc2)C1. The van der Waals surface area contributed by atoms with Crippen molar-refractivity contribution >= 4 is 5.91 Å². The second kappa shape index (κ2) is 7.29. The lowest BCUT2D eigenvalue weighted by atomic mass is 10.0. The van der Waals surface area contributed by atoms with Gasteiger partial charge in [-0.25, -0.2) is 0 Å². The molecule has 1 amide bonds. The van der Waals surface area contributed by atoms with E-state index in [-0.39, 0.29) is 5.91 Å². The summed E-state index contributed by atoms with van der Waals surface area (Å²) in [5.41, 5.74) is 0.710. The van der Waals surface area contributed by atoms with Crippen molar-refractivity contribution in [2.24, 2.45) is 0 Å². The number of nitrogens with zero attached hydrogens (tertiary/aromatic N) is 1. The smallest absolute Gasteiger partial charge is 0.253 e. The number of carbonyl (C=O) groups excluding carboxylic acids is 1. The second-order valence-electron chi connectivity index (χ2n) is 5.82. The van der Waals surface area contributed by atoms with Gasteiger partial charge in [-0.15, -0.1) is 0 Å². The van der Waals surface area contributed by atoms with Crippen LogP contribution in [0, 0.1) is 0 Å². The van der Waals surface area contributed by atoms with Crippen molar-refractivity contribution in [1.29, 1.82) is 0 Å². The highest BCUT2D eigenvalue weighted by atomic mass is 16.5. The van der Waals surface area contributed by atoms with Crippen molar-refractivity contribution < 1.29 is 9.53 Å². The summed E-state index contributed by atoms with van der Waals surface area (Å²) in [6.45, 7) is 1.61. The number of hydrogen-bond donors (Lipinski definition) is 1. The van der Waals surface area contributed by atoms with Gasteiger partial charge in [0, 0.05) is 24.7 Å². The van der Waals surface area contributed by atoms with Gasteiger partial charge in [0.25, 0.3) is 5.91 Å². The minimum Gasteiger partial charge on any atom is -0.457 e. The molecule has 1 saturated heterocycles. The van der Waals surface area contributed by atoms with Crippen molar-refractivity contribution in [1.82, 2.24) is 10.2 Å². The lowest BCUT2D eigenvalue weighted by Crippen LogP contribution is -2.46. The van der Waals surface area contributed by atoms with E-state index >= 15 is 0 Å². The van der Waals surface area contributed by atoms with Crippen LogP contribution in [-0.4, -0.2) is 37.0 Å². The molecule has 0 spiro atoms. The van der Waals surface area contributed by atoms with Gasteiger partial charge in [0.1, 0.15) is 11.5 Å². The molecule has 1 fully saturated rings. The van der Waals surface area contributed by atoms with E-state index in [0.29, 0.717) is 11.6 Å². The van der Waals surface area contributed by atoms with Crippen LogP contribution in [0.3, 0.4) is 0 Å². The highest BCUT2D eigenvalue weighted by Crippen LogP contribution is 2.22. The van der Waals surface area contributed by atoms with Crippen LogP contribution in [0.4, 0.5) is 0 Å². The Morgan fingerprint density at radius 1 is 1.09 bits per heavy atom. The van der Waals surface area contributed by atoms with E-state index in [2.05, 4.69) is 5.32 Å². The first-order valence-corrected chi connectivity index (χ1v) is 8.06. The lowest BCUT2D eigenvalue weighted by Gasteiger charge is -2.32. The van der Waals surface area contributed by atoms with Crippen LogP contribution in [0.1, 0.15) is 23.2 Å². The maximum absolute atomic E-state index is 12.6. The van der Waals surface area contributed by atoms with Gasteiger partial charge in [-0.3, -0.25) is 4.79 Å². The third-order valence-electron chi connectivity index (χ3n) is 4.20. The van der Waals surface area contributed by atoms with E-state index in [1.54, 1.807) is 0 Å². The molecule has 4 heteroatoms. The third-order valence-corrected chi connectivity index (χ3v) is 4.20. The summed E-state index contributed by atoms with van der Waals surface area (Å²) in [6, 6.07) is 17.4. The lowest BCUT2D eigenvalue weighted by molar-refractivity contribution is 0.0698. The van der Waals surface area contributed by atoms with Gasteiger partial charge in [0.15, 0.2) is 0 Å². The van der Waals surface area contributed by atoms with Gasteiger partial charge in [0.05, 0.1) is 0 Å². The number of hydrogen-bond acceptors (Lipinski definition) is 3. The molecule has 2 aromatic rings. The number of rotatable bonds is 4. The van der Waals surface area contributed by atoms with E-state index in [1.807, 2.05) is 66.5 Å². The van der Waals surface area contributed by atoms with Gasteiger partial charge in [-0.05, 0) is 56.3 Å². The molecule has 1 unspecified atom stereocenters. The van der Waals surface area contributed by atoms with Crippen LogP contribution >= 0.6 is 0 Å². The molecule has 0 aliphatic carbocycles. The van der Waals surface area contributed by atoms with Crippen LogP contribution in [0.25, 0.3) is 0 Å². The number of nitrogens with one attached hydrogen (secondary N) is 1. The minimum atomic E-state index is 0.0937. The van der Waals surface area contributed by atoms with Gasteiger partial charge in [-0.1, -0.05) is 18.2 Å². The van der Waals surface area contributed by atoms with Crippen molar-refractivity contribution in [3.8, 4) is 11.5 Å². The molecule has 1 heterocycles. The highest BCUT2D eigenvalue weighted by Gasteiger charge is 2.23. The summed E-state index contributed by atoms with van der Waals surface area (Å²) in [4.78, 5) is 14.5.